The van der Waals surface area contributed by atoms with E-state index in [1.165, 1.54) is 13.8 Å². The van der Waals surface area contributed by atoms with Crippen LogP contribution in [0.2, 0.25) is 0 Å². The van der Waals surface area contributed by atoms with Crippen molar-refractivity contribution in [3.63, 3.8) is 0 Å². The first-order chi connectivity index (χ1) is 10.3. The van der Waals surface area contributed by atoms with Crippen LogP contribution >= 0.6 is 0 Å². The summed E-state index contributed by atoms with van der Waals surface area (Å²) in [6.07, 6.45) is -3.67. The normalized spacial score (nSPS) is 40.9. The topological polar surface area (TPSA) is 89.5 Å². The standard InChI is InChI=1S/C14H22O8/c1-6-17-14(5)21-12-11(20-9(4)16)10(19-8(3)15)7(2)18-13(12)22-14/h7,10-13H,6H2,1-5H3/t7-,10-,11+,12+,13+,14-/m0/s1. The number of esters is 2. The van der Waals surface area contributed by atoms with E-state index in [0.29, 0.717) is 6.61 Å². The Morgan fingerprint density at radius 1 is 1.09 bits per heavy atom. The molecule has 0 aromatic heterocycles. The van der Waals surface area contributed by atoms with Crippen LogP contribution < -0.4 is 0 Å². The van der Waals surface area contributed by atoms with Crippen molar-refractivity contribution >= 4 is 11.9 Å². The molecule has 2 saturated heterocycles. The van der Waals surface area contributed by atoms with Crippen LogP contribution in [0.1, 0.15) is 34.6 Å². The first-order valence-electron chi connectivity index (χ1n) is 7.25. The Bertz CT molecular complexity index is 439. The molecular weight excluding hydrogens is 296 g/mol. The smallest absolute Gasteiger partial charge is 0.303 e. The van der Waals surface area contributed by atoms with Gasteiger partial charge in [-0.2, -0.15) is 0 Å². The first-order valence-corrected chi connectivity index (χ1v) is 7.25. The summed E-state index contributed by atoms with van der Waals surface area (Å²) in [5.41, 5.74) is 0. The van der Waals surface area contributed by atoms with Gasteiger partial charge in [-0.3, -0.25) is 14.3 Å². The third kappa shape index (κ3) is 3.57. The molecule has 2 fully saturated rings. The molecule has 0 aromatic rings. The van der Waals surface area contributed by atoms with E-state index < -0.39 is 48.6 Å². The van der Waals surface area contributed by atoms with Crippen LogP contribution in [-0.4, -0.2) is 55.2 Å². The largest absolute Gasteiger partial charge is 0.456 e. The van der Waals surface area contributed by atoms with Crippen molar-refractivity contribution in [3.05, 3.63) is 0 Å². The van der Waals surface area contributed by atoms with Crippen molar-refractivity contribution in [3.8, 4) is 0 Å². The lowest BCUT2D eigenvalue weighted by atomic mass is 9.99. The molecule has 0 spiro atoms. The third-order valence-electron chi connectivity index (χ3n) is 3.42. The van der Waals surface area contributed by atoms with Crippen molar-refractivity contribution in [1.29, 1.82) is 0 Å². The zero-order chi connectivity index (χ0) is 16.5. The molecule has 0 radical (unpaired) electrons. The molecule has 0 unspecified atom stereocenters. The lowest BCUT2D eigenvalue weighted by Gasteiger charge is -2.39. The number of rotatable bonds is 4. The summed E-state index contributed by atoms with van der Waals surface area (Å²) < 4.78 is 33.0. The number of ether oxygens (including phenoxy) is 6. The molecule has 126 valence electrons. The SMILES string of the molecule is CCO[C@]1(C)O[C@H]2O[C@@H](C)[C@H](OC(C)=O)[C@@H](OC(C)=O)[C@H]2O1. The highest BCUT2D eigenvalue weighted by molar-refractivity contribution is 5.67. The van der Waals surface area contributed by atoms with Crippen molar-refractivity contribution < 1.29 is 38.0 Å². The number of hydrogen-bond donors (Lipinski definition) is 0. The molecule has 0 bridgehead atoms. The van der Waals surface area contributed by atoms with E-state index in [9.17, 15) is 9.59 Å². The Morgan fingerprint density at radius 3 is 2.23 bits per heavy atom. The molecule has 2 aliphatic heterocycles. The van der Waals surface area contributed by atoms with Gasteiger partial charge in [-0.15, -0.1) is 0 Å². The van der Waals surface area contributed by atoms with Crippen LogP contribution in [0.5, 0.6) is 0 Å². The second kappa shape index (κ2) is 6.49. The van der Waals surface area contributed by atoms with E-state index in [1.54, 1.807) is 20.8 Å². The highest BCUT2D eigenvalue weighted by Gasteiger charge is 2.58. The molecule has 22 heavy (non-hydrogen) atoms. The summed E-state index contributed by atoms with van der Waals surface area (Å²) in [5, 5.41) is 0. The summed E-state index contributed by atoms with van der Waals surface area (Å²) in [4.78, 5) is 22.7. The van der Waals surface area contributed by atoms with Gasteiger partial charge in [0, 0.05) is 27.4 Å². The minimum Gasteiger partial charge on any atom is -0.456 e. The van der Waals surface area contributed by atoms with Gasteiger partial charge in [0.15, 0.2) is 24.6 Å². The molecule has 0 N–H and O–H groups in total. The number of fused-ring (bicyclic) bond motifs is 1. The Balaban J connectivity index is 2.23. The summed E-state index contributed by atoms with van der Waals surface area (Å²) in [7, 11) is 0. The Kier molecular flexibility index (Phi) is 5.06. The molecular formula is C14H22O8. The van der Waals surface area contributed by atoms with Gasteiger partial charge in [-0.05, 0) is 13.8 Å². The minimum atomic E-state index is -1.30. The molecule has 8 heteroatoms. The fourth-order valence-electron chi connectivity index (χ4n) is 2.69. The molecule has 2 aliphatic rings. The Morgan fingerprint density at radius 2 is 1.68 bits per heavy atom. The van der Waals surface area contributed by atoms with E-state index in [1.807, 2.05) is 0 Å². The van der Waals surface area contributed by atoms with Crippen molar-refractivity contribution in [2.24, 2.45) is 0 Å². The van der Waals surface area contributed by atoms with E-state index in [4.69, 9.17) is 28.4 Å². The van der Waals surface area contributed by atoms with Crippen molar-refractivity contribution in [2.45, 2.75) is 71.3 Å². The van der Waals surface area contributed by atoms with Gasteiger partial charge >= 0.3 is 11.9 Å². The molecule has 2 rings (SSSR count). The average Bonchev–Trinajstić information content (AvgIpc) is 2.69. The number of carbonyl (C=O) groups excluding carboxylic acids is 2. The molecule has 0 amide bonds. The fraction of sp³-hybridized carbons (Fsp3) is 0.857. The molecule has 8 nitrogen and oxygen atoms in total. The second-order valence-electron chi connectivity index (χ2n) is 5.35. The van der Waals surface area contributed by atoms with Gasteiger partial charge in [0.2, 0.25) is 0 Å². The van der Waals surface area contributed by atoms with Crippen LogP contribution in [0.4, 0.5) is 0 Å². The van der Waals surface area contributed by atoms with Crippen LogP contribution in [0.15, 0.2) is 0 Å². The van der Waals surface area contributed by atoms with Crippen LogP contribution in [0.25, 0.3) is 0 Å². The van der Waals surface area contributed by atoms with E-state index >= 15 is 0 Å². The zero-order valence-electron chi connectivity index (χ0n) is 13.4. The molecule has 6 atom stereocenters. The number of hydrogen-bond acceptors (Lipinski definition) is 8. The molecule has 2 heterocycles. The van der Waals surface area contributed by atoms with E-state index in [2.05, 4.69) is 0 Å². The summed E-state index contributed by atoms with van der Waals surface area (Å²) in [6.45, 7) is 8.04. The lowest BCUT2D eigenvalue weighted by molar-refractivity contribution is -0.341. The quantitative estimate of drug-likeness (QED) is 0.701. The monoisotopic (exact) mass is 318 g/mol. The van der Waals surface area contributed by atoms with Gasteiger partial charge in [0.1, 0.15) is 0 Å². The Hall–Kier alpha value is -1.22. The van der Waals surface area contributed by atoms with Crippen molar-refractivity contribution in [1.82, 2.24) is 0 Å². The third-order valence-corrected chi connectivity index (χ3v) is 3.42. The lowest BCUT2D eigenvalue weighted by Crippen LogP contribution is -2.58. The van der Waals surface area contributed by atoms with Crippen molar-refractivity contribution in [2.75, 3.05) is 6.61 Å². The average molecular weight is 318 g/mol. The predicted molar refractivity (Wildman–Crippen MR) is 71.4 cm³/mol. The van der Waals surface area contributed by atoms with Gasteiger partial charge in [-0.1, -0.05) is 0 Å². The molecule has 0 aromatic carbocycles. The zero-order valence-corrected chi connectivity index (χ0v) is 13.4. The maximum atomic E-state index is 11.4. The molecule has 0 aliphatic carbocycles. The Labute approximate surface area is 128 Å². The summed E-state index contributed by atoms with van der Waals surface area (Å²) >= 11 is 0. The first kappa shape index (κ1) is 17.1. The highest BCUT2D eigenvalue weighted by atomic mass is 16.9. The van der Waals surface area contributed by atoms with Gasteiger partial charge in [0.05, 0.1) is 6.10 Å². The second-order valence-corrected chi connectivity index (χ2v) is 5.35. The van der Waals surface area contributed by atoms with E-state index in [-0.39, 0.29) is 0 Å². The van der Waals surface area contributed by atoms with Gasteiger partial charge < -0.3 is 23.7 Å². The maximum Gasteiger partial charge on any atom is 0.303 e. The van der Waals surface area contributed by atoms with E-state index in [0.717, 1.165) is 0 Å². The van der Waals surface area contributed by atoms with Crippen LogP contribution in [0.3, 0.4) is 0 Å². The highest BCUT2D eigenvalue weighted by Crippen LogP contribution is 2.39. The van der Waals surface area contributed by atoms with Gasteiger partial charge in [-0.25, -0.2) is 0 Å². The summed E-state index contributed by atoms with van der Waals surface area (Å²) in [5.74, 6) is -2.31. The summed E-state index contributed by atoms with van der Waals surface area (Å²) in [6, 6.07) is 0. The van der Waals surface area contributed by atoms with Gasteiger partial charge in [0.25, 0.3) is 5.97 Å². The number of carbonyl (C=O) groups is 2. The fourth-order valence-corrected chi connectivity index (χ4v) is 2.69. The van der Waals surface area contributed by atoms with Crippen LogP contribution in [-0.2, 0) is 38.0 Å². The van der Waals surface area contributed by atoms with Crippen LogP contribution in [0, 0.1) is 0 Å². The maximum absolute atomic E-state index is 11.4. The molecule has 0 saturated carbocycles. The minimum absolute atomic E-state index is 0.372. The predicted octanol–water partition coefficient (Wildman–Crippen LogP) is 0.720.